The summed E-state index contributed by atoms with van der Waals surface area (Å²) in [5.41, 5.74) is 3.05. The summed E-state index contributed by atoms with van der Waals surface area (Å²) in [6, 6.07) is 11.5. The van der Waals surface area contributed by atoms with Crippen LogP contribution in [0, 0.1) is 12.7 Å². The summed E-state index contributed by atoms with van der Waals surface area (Å²) in [6.07, 6.45) is 5.49. The molecule has 0 aliphatic carbocycles. The summed E-state index contributed by atoms with van der Waals surface area (Å²) in [5, 5.41) is 12.5. The molecule has 0 spiro atoms. The van der Waals surface area contributed by atoms with E-state index in [1.807, 2.05) is 44.1 Å². The Hall–Kier alpha value is -3.98. The van der Waals surface area contributed by atoms with Gasteiger partial charge in [0.25, 0.3) is 5.56 Å². The largest absolute Gasteiger partial charge is 0.493 e. The Morgan fingerprint density at radius 2 is 1.88 bits per heavy atom. The Morgan fingerprint density at radius 1 is 1.10 bits per heavy atom. The van der Waals surface area contributed by atoms with Crippen LogP contribution in [0.15, 0.2) is 59.5 Å². The molecule has 2 aromatic carbocycles. The van der Waals surface area contributed by atoms with Gasteiger partial charge in [-0.15, -0.1) is 0 Å². The molecule has 1 amide bonds. The molecule has 0 saturated carbocycles. The number of aliphatic carboxylic acids is 1. The molecule has 2 N–H and O–H groups in total. The summed E-state index contributed by atoms with van der Waals surface area (Å²) in [4.78, 5) is 40.8. The third-order valence-electron chi connectivity index (χ3n) is 7.70. The predicted molar refractivity (Wildman–Crippen MR) is 160 cm³/mol. The van der Waals surface area contributed by atoms with Crippen LogP contribution in [0.3, 0.4) is 0 Å². The van der Waals surface area contributed by atoms with E-state index in [0.717, 1.165) is 42.5 Å². The zero-order chi connectivity index (χ0) is 30.2. The fourth-order valence-electron chi connectivity index (χ4n) is 5.44. The second-order valence-corrected chi connectivity index (χ2v) is 11.2. The zero-order valence-corrected chi connectivity index (χ0v) is 24.6. The molecular weight excluding hydrogens is 537 g/mol. The van der Waals surface area contributed by atoms with Crippen LogP contribution in [0.4, 0.5) is 4.39 Å². The molecule has 2 bridgehead atoms. The lowest BCUT2D eigenvalue weighted by atomic mass is 9.94. The molecule has 2 heterocycles. The van der Waals surface area contributed by atoms with E-state index < -0.39 is 36.2 Å². The average molecular weight is 578 g/mol. The van der Waals surface area contributed by atoms with E-state index in [4.69, 9.17) is 4.74 Å². The lowest BCUT2D eigenvalue weighted by molar-refractivity contribution is -0.138. The molecule has 4 rings (SSSR count). The first-order chi connectivity index (χ1) is 20.1. The molecule has 1 aliphatic rings. The third kappa shape index (κ3) is 7.85. The van der Waals surface area contributed by atoms with Gasteiger partial charge < -0.3 is 24.6 Å². The number of fused-ring (bicyclic) bond motifs is 4. The van der Waals surface area contributed by atoms with Crippen LogP contribution in [-0.2, 0) is 16.0 Å². The van der Waals surface area contributed by atoms with Crippen molar-refractivity contribution < 1.29 is 23.8 Å². The third-order valence-corrected chi connectivity index (χ3v) is 7.70. The number of carboxylic acid groups (broad SMARTS) is 1. The zero-order valence-electron chi connectivity index (χ0n) is 24.6. The van der Waals surface area contributed by atoms with Crippen molar-refractivity contribution in [2.24, 2.45) is 0 Å². The van der Waals surface area contributed by atoms with E-state index in [9.17, 15) is 19.5 Å². The number of likely N-dealkylation sites (N-methyl/N-ethyl adjacent to an activating group) is 1. The smallest absolute Gasteiger partial charge is 0.305 e. The van der Waals surface area contributed by atoms with Crippen molar-refractivity contribution in [2.75, 3.05) is 27.2 Å². The van der Waals surface area contributed by atoms with Crippen molar-refractivity contribution in [1.82, 2.24) is 14.8 Å². The molecule has 0 radical (unpaired) electrons. The van der Waals surface area contributed by atoms with Crippen molar-refractivity contribution in [3.8, 4) is 16.9 Å². The van der Waals surface area contributed by atoms with Gasteiger partial charge in [-0.3, -0.25) is 14.4 Å². The van der Waals surface area contributed by atoms with Gasteiger partial charge in [-0.25, -0.2) is 4.39 Å². The Balaban J connectivity index is 1.77. The molecule has 1 aliphatic heterocycles. The minimum atomic E-state index is -1.18. The maximum absolute atomic E-state index is 15.4. The summed E-state index contributed by atoms with van der Waals surface area (Å²) >= 11 is 0. The fraction of sp³-hybridized carbons (Fsp3) is 0.424. The number of carbonyl (C=O) groups is 2. The highest BCUT2D eigenvalue weighted by Gasteiger charge is 2.28. The predicted octanol–water partition coefficient (Wildman–Crippen LogP) is 5.28. The van der Waals surface area contributed by atoms with E-state index in [2.05, 4.69) is 5.32 Å². The molecule has 224 valence electrons. The van der Waals surface area contributed by atoms with Gasteiger partial charge in [-0.05, 0) is 75.2 Å². The molecule has 9 heteroatoms. The number of nitrogens with zero attached hydrogens (tertiary/aromatic N) is 2. The number of carboxylic acids is 1. The number of aromatic nitrogens is 1. The molecule has 42 heavy (non-hydrogen) atoms. The Bertz CT molecular complexity index is 1470. The molecule has 3 aromatic rings. The second kappa shape index (κ2) is 14.3. The number of amides is 1. The number of halogens is 1. The highest BCUT2D eigenvalue weighted by Crippen LogP contribution is 2.36. The van der Waals surface area contributed by atoms with Gasteiger partial charge in [0.05, 0.1) is 19.1 Å². The summed E-state index contributed by atoms with van der Waals surface area (Å²) in [5.74, 6) is -1.64. The minimum Gasteiger partial charge on any atom is -0.493 e. The van der Waals surface area contributed by atoms with Gasteiger partial charge in [0, 0.05) is 29.9 Å². The number of ether oxygens (including phenoxy) is 1. The highest BCUT2D eigenvalue weighted by molar-refractivity contribution is 5.82. The number of nitrogens with one attached hydrogen (secondary N) is 1. The second-order valence-electron chi connectivity index (χ2n) is 11.2. The highest BCUT2D eigenvalue weighted by atomic mass is 19.1. The fourth-order valence-corrected chi connectivity index (χ4v) is 5.44. The normalized spacial score (nSPS) is 18.2. The Labute approximate surface area is 246 Å². The van der Waals surface area contributed by atoms with E-state index in [0.29, 0.717) is 37.2 Å². The summed E-state index contributed by atoms with van der Waals surface area (Å²) < 4.78 is 23.0. The minimum absolute atomic E-state index is 0.0652. The van der Waals surface area contributed by atoms with Crippen LogP contribution in [0.25, 0.3) is 11.1 Å². The number of benzene rings is 2. The monoisotopic (exact) mass is 577 g/mol. The van der Waals surface area contributed by atoms with E-state index in [1.54, 1.807) is 24.4 Å². The topological polar surface area (TPSA) is 101 Å². The molecule has 8 nitrogen and oxygen atoms in total. The Kier molecular flexibility index (Phi) is 10.5. The molecule has 1 aromatic heterocycles. The molecule has 2 atom stereocenters. The van der Waals surface area contributed by atoms with Crippen LogP contribution in [0.2, 0.25) is 0 Å². The average Bonchev–Trinajstić information content (AvgIpc) is 2.94. The number of hydrogen-bond donors (Lipinski definition) is 2. The number of rotatable bonds is 6. The standard InChI is InChI=1S/C33H40FN3O5/c1-22-9-8-11-29-32(22)24-13-14-26(34)25(19-24)27(20-31(39)40)35-33(41)28(10-6-4-5-7-18-42-29)37-21-23(12-15-30(37)38)16-17-36(2)3/h8-9,11-15,19,21,27-28H,4-7,10,16-18,20H2,1-3H3,(H,35,41)(H,39,40)/t27-,28-/m0/s1. The van der Waals surface area contributed by atoms with Crippen molar-refractivity contribution >= 4 is 11.9 Å². The number of carbonyl (C=O) groups excluding carboxylic acids is 1. The van der Waals surface area contributed by atoms with Gasteiger partial charge in [-0.1, -0.05) is 43.5 Å². The van der Waals surface area contributed by atoms with Gasteiger partial charge in [-0.2, -0.15) is 0 Å². The lowest BCUT2D eigenvalue weighted by Gasteiger charge is -2.25. The van der Waals surface area contributed by atoms with Gasteiger partial charge in [0.15, 0.2) is 0 Å². The SMILES string of the molecule is Cc1cccc2c1-c1ccc(F)c(c1)[C@H](CC(=O)O)NC(=O)[C@@H](n1cc(CCN(C)C)ccc1=O)CCCCCCO2. The first kappa shape index (κ1) is 31.0. The number of aryl methyl sites for hydroxylation is 1. The maximum atomic E-state index is 15.4. The summed E-state index contributed by atoms with van der Waals surface area (Å²) in [6.45, 7) is 3.22. The van der Waals surface area contributed by atoms with Crippen molar-refractivity contribution in [1.29, 1.82) is 0 Å². The molecular formula is C33H40FN3O5. The number of pyridine rings is 1. The quantitative estimate of drug-likeness (QED) is 0.413. The molecule has 0 fully saturated rings. The first-order valence-corrected chi connectivity index (χ1v) is 14.5. The van der Waals surface area contributed by atoms with Gasteiger partial charge in [0.2, 0.25) is 5.91 Å². The van der Waals surface area contributed by atoms with E-state index in [1.165, 1.54) is 16.7 Å². The van der Waals surface area contributed by atoms with Crippen LogP contribution in [0.5, 0.6) is 5.75 Å². The molecule has 0 unspecified atom stereocenters. The first-order valence-electron chi connectivity index (χ1n) is 14.5. The van der Waals surface area contributed by atoms with Crippen LogP contribution in [-0.4, -0.2) is 53.7 Å². The van der Waals surface area contributed by atoms with Crippen LogP contribution < -0.4 is 15.6 Å². The van der Waals surface area contributed by atoms with Crippen molar-refractivity contribution in [2.45, 2.75) is 64.0 Å². The maximum Gasteiger partial charge on any atom is 0.305 e. The van der Waals surface area contributed by atoms with E-state index in [-0.39, 0.29) is 11.1 Å². The van der Waals surface area contributed by atoms with Crippen LogP contribution >= 0.6 is 0 Å². The summed E-state index contributed by atoms with van der Waals surface area (Å²) in [7, 11) is 3.93. The van der Waals surface area contributed by atoms with Gasteiger partial charge >= 0.3 is 5.97 Å². The Morgan fingerprint density at radius 3 is 2.64 bits per heavy atom. The van der Waals surface area contributed by atoms with Crippen molar-refractivity contribution in [3.05, 3.63) is 87.6 Å². The van der Waals surface area contributed by atoms with E-state index >= 15 is 4.39 Å². The van der Waals surface area contributed by atoms with Crippen LogP contribution in [0.1, 0.15) is 67.3 Å². The van der Waals surface area contributed by atoms with Crippen molar-refractivity contribution in [3.63, 3.8) is 0 Å². The lowest BCUT2D eigenvalue weighted by Crippen LogP contribution is -2.40. The van der Waals surface area contributed by atoms with Gasteiger partial charge in [0.1, 0.15) is 17.6 Å². The number of hydrogen-bond acceptors (Lipinski definition) is 5. The molecule has 0 saturated heterocycles.